The van der Waals surface area contributed by atoms with Gasteiger partial charge in [0.25, 0.3) is 0 Å². The van der Waals surface area contributed by atoms with Gasteiger partial charge in [-0.25, -0.2) is 14.8 Å². The fourth-order valence-corrected chi connectivity index (χ4v) is 2.64. The van der Waals surface area contributed by atoms with E-state index in [-0.39, 0.29) is 16.5 Å². The molecule has 0 spiro atoms. The topological polar surface area (TPSA) is 100 Å². The monoisotopic (exact) mass is 298 g/mol. The van der Waals surface area contributed by atoms with E-state index < -0.39 is 17.2 Å². The van der Waals surface area contributed by atoms with E-state index in [2.05, 4.69) is 9.97 Å². The molecule has 6 nitrogen and oxygen atoms in total. The summed E-state index contributed by atoms with van der Waals surface area (Å²) in [6.07, 6.45) is 0.388. The number of aliphatic carboxylic acids is 1. The molecule has 1 atom stereocenters. The quantitative estimate of drug-likeness (QED) is 0.614. The fraction of sp³-hybridized carbons (Fsp3) is 0.538. The van der Waals surface area contributed by atoms with Crippen molar-refractivity contribution in [2.75, 3.05) is 0 Å². The molecule has 0 aliphatic rings. The second kappa shape index (κ2) is 6.69. The Labute approximate surface area is 121 Å². The molecule has 0 aromatic carbocycles. The minimum atomic E-state index is -1.14. The van der Waals surface area contributed by atoms with Crippen LogP contribution in [-0.4, -0.2) is 37.4 Å². The average Bonchev–Trinajstić information content (AvgIpc) is 2.33. The molecule has 1 aromatic rings. The van der Waals surface area contributed by atoms with E-state index in [1.165, 1.54) is 0 Å². The van der Waals surface area contributed by atoms with Gasteiger partial charge in [0.05, 0.1) is 5.69 Å². The zero-order valence-electron chi connectivity index (χ0n) is 11.9. The minimum Gasteiger partial charge on any atom is -0.480 e. The normalized spacial score (nSPS) is 12.4. The van der Waals surface area contributed by atoms with E-state index in [9.17, 15) is 14.7 Å². The van der Waals surface area contributed by atoms with Crippen LogP contribution in [-0.2, 0) is 4.79 Å². The van der Waals surface area contributed by atoms with Crippen LogP contribution in [0.3, 0.4) is 0 Å². The van der Waals surface area contributed by atoms with Crippen molar-refractivity contribution < 1.29 is 19.8 Å². The Morgan fingerprint density at radius 3 is 2.25 bits per heavy atom. The molecule has 2 N–H and O–H groups in total. The average molecular weight is 298 g/mol. The number of carboxylic acid groups (broad SMARTS) is 2. The van der Waals surface area contributed by atoms with Gasteiger partial charge in [0.1, 0.15) is 21.7 Å². The molecule has 110 valence electrons. The molecule has 1 heterocycles. The number of rotatable bonds is 6. The summed E-state index contributed by atoms with van der Waals surface area (Å²) in [5.41, 5.74) is 0.345. The third kappa shape index (κ3) is 3.69. The SMILES string of the molecule is CCC(Sc1nc(C(C)C)nc(C)c1C(=O)O)C(=O)O. The first kappa shape index (κ1) is 16.4. The molecule has 0 radical (unpaired) electrons. The number of aromatic nitrogens is 2. The summed E-state index contributed by atoms with van der Waals surface area (Å²) in [6.45, 7) is 7.14. The molecule has 0 bridgehead atoms. The Bertz CT molecular complexity index is 531. The lowest BCUT2D eigenvalue weighted by atomic mass is 10.2. The zero-order valence-corrected chi connectivity index (χ0v) is 12.7. The van der Waals surface area contributed by atoms with Crippen LogP contribution in [0.4, 0.5) is 0 Å². The highest BCUT2D eigenvalue weighted by molar-refractivity contribution is 8.00. The first-order chi connectivity index (χ1) is 9.27. The molecular formula is C13H18N2O4S. The lowest BCUT2D eigenvalue weighted by Gasteiger charge is -2.14. The second-order valence-electron chi connectivity index (χ2n) is 4.66. The molecule has 1 aromatic heterocycles. The Morgan fingerprint density at radius 1 is 1.25 bits per heavy atom. The van der Waals surface area contributed by atoms with Crippen LogP contribution in [0.25, 0.3) is 0 Å². The molecular weight excluding hydrogens is 280 g/mol. The van der Waals surface area contributed by atoms with E-state index in [0.29, 0.717) is 17.9 Å². The van der Waals surface area contributed by atoms with Crippen molar-refractivity contribution in [2.45, 2.75) is 50.3 Å². The Kier molecular flexibility index (Phi) is 5.50. The van der Waals surface area contributed by atoms with Crippen molar-refractivity contribution in [3.63, 3.8) is 0 Å². The molecule has 1 rings (SSSR count). The van der Waals surface area contributed by atoms with Crippen molar-refractivity contribution in [3.05, 3.63) is 17.1 Å². The molecule has 0 fully saturated rings. The van der Waals surface area contributed by atoms with E-state index in [4.69, 9.17) is 5.11 Å². The molecule has 0 amide bonds. The number of thioether (sulfide) groups is 1. The number of hydrogen-bond acceptors (Lipinski definition) is 5. The van der Waals surface area contributed by atoms with Gasteiger partial charge in [0, 0.05) is 5.92 Å². The maximum absolute atomic E-state index is 11.3. The van der Waals surface area contributed by atoms with Gasteiger partial charge in [-0.05, 0) is 13.3 Å². The van der Waals surface area contributed by atoms with Crippen molar-refractivity contribution in [1.29, 1.82) is 0 Å². The number of carbonyl (C=O) groups is 2. The zero-order chi connectivity index (χ0) is 15.4. The number of nitrogens with zero attached hydrogens (tertiary/aromatic N) is 2. The molecule has 0 aliphatic carbocycles. The van der Waals surface area contributed by atoms with Crippen LogP contribution in [0.2, 0.25) is 0 Å². The first-order valence-corrected chi connectivity index (χ1v) is 7.17. The molecule has 1 unspecified atom stereocenters. The predicted molar refractivity (Wildman–Crippen MR) is 75.4 cm³/mol. The Balaban J connectivity index is 3.33. The highest BCUT2D eigenvalue weighted by Crippen LogP contribution is 2.29. The molecule has 0 saturated heterocycles. The summed E-state index contributed by atoms with van der Waals surface area (Å²) >= 11 is 0.966. The highest BCUT2D eigenvalue weighted by Gasteiger charge is 2.24. The fourth-order valence-electron chi connectivity index (χ4n) is 1.60. The largest absolute Gasteiger partial charge is 0.480 e. The lowest BCUT2D eigenvalue weighted by molar-refractivity contribution is -0.136. The molecule has 7 heteroatoms. The van der Waals surface area contributed by atoms with Crippen LogP contribution in [0.5, 0.6) is 0 Å². The number of carboxylic acids is 2. The van der Waals surface area contributed by atoms with Crippen LogP contribution in [0.15, 0.2) is 5.03 Å². The van der Waals surface area contributed by atoms with Crippen molar-refractivity contribution in [2.24, 2.45) is 0 Å². The molecule has 0 saturated carbocycles. The minimum absolute atomic E-state index is 0.0147. The van der Waals surface area contributed by atoms with E-state index in [0.717, 1.165) is 11.8 Å². The summed E-state index contributed by atoms with van der Waals surface area (Å²) in [7, 11) is 0. The smallest absolute Gasteiger partial charge is 0.340 e. The summed E-state index contributed by atoms with van der Waals surface area (Å²) in [5, 5.41) is 17.9. The highest BCUT2D eigenvalue weighted by atomic mass is 32.2. The third-order valence-corrected chi connectivity index (χ3v) is 4.04. The number of aromatic carboxylic acids is 1. The van der Waals surface area contributed by atoms with Crippen LogP contribution in [0.1, 0.15) is 55.0 Å². The van der Waals surface area contributed by atoms with E-state index >= 15 is 0 Å². The maximum Gasteiger partial charge on any atom is 0.340 e. The van der Waals surface area contributed by atoms with Gasteiger partial charge in [-0.3, -0.25) is 4.79 Å². The standard InChI is InChI=1S/C13H18N2O4S/c1-5-8(12(16)17)20-11-9(13(18)19)7(4)14-10(15-11)6(2)3/h6,8H,5H2,1-4H3,(H,16,17)(H,18,19). The van der Waals surface area contributed by atoms with Gasteiger partial charge >= 0.3 is 11.9 Å². The van der Waals surface area contributed by atoms with Crippen LogP contribution >= 0.6 is 11.8 Å². The second-order valence-corrected chi connectivity index (χ2v) is 5.85. The number of hydrogen-bond donors (Lipinski definition) is 2. The lowest BCUT2D eigenvalue weighted by Crippen LogP contribution is -2.18. The summed E-state index contributed by atoms with van der Waals surface area (Å²) in [5.74, 6) is -1.55. The van der Waals surface area contributed by atoms with Gasteiger partial charge in [0.2, 0.25) is 0 Å². The molecule has 0 aliphatic heterocycles. The molecule has 20 heavy (non-hydrogen) atoms. The van der Waals surface area contributed by atoms with Gasteiger partial charge in [0.15, 0.2) is 0 Å². The van der Waals surface area contributed by atoms with E-state index in [1.54, 1.807) is 13.8 Å². The number of aryl methyl sites for hydroxylation is 1. The summed E-state index contributed by atoms with van der Waals surface area (Å²) in [6, 6.07) is 0. The van der Waals surface area contributed by atoms with Gasteiger partial charge in [-0.15, -0.1) is 0 Å². The van der Waals surface area contributed by atoms with Crippen LogP contribution < -0.4 is 0 Å². The van der Waals surface area contributed by atoms with Crippen LogP contribution in [0, 0.1) is 6.92 Å². The van der Waals surface area contributed by atoms with Crippen molar-refractivity contribution in [1.82, 2.24) is 9.97 Å². The van der Waals surface area contributed by atoms with Gasteiger partial charge in [-0.1, -0.05) is 32.5 Å². The predicted octanol–water partition coefficient (Wildman–Crippen LogP) is 2.56. The van der Waals surface area contributed by atoms with E-state index in [1.807, 2.05) is 13.8 Å². The summed E-state index contributed by atoms with van der Waals surface area (Å²) in [4.78, 5) is 30.8. The van der Waals surface area contributed by atoms with Gasteiger partial charge in [-0.2, -0.15) is 0 Å². The van der Waals surface area contributed by atoms with Crippen molar-refractivity contribution >= 4 is 23.7 Å². The van der Waals surface area contributed by atoms with Crippen molar-refractivity contribution in [3.8, 4) is 0 Å². The Morgan fingerprint density at radius 2 is 1.85 bits per heavy atom. The Hall–Kier alpha value is -1.63. The maximum atomic E-state index is 11.3. The summed E-state index contributed by atoms with van der Waals surface area (Å²) < 4.78 is 0. The first-order valence-electron chi connectivity index (χ1n) is 6.29. The van der Waals surface area contributed by atoms with Gasteiger partial charge < -0.3 is 10.2 Å². The third-order valence-electron chi connectivity index (χ3n) is 2.70.